The van der Waals surface area contributed by atoms with E-state index in [0.29, 0.717) is 30.2 Å². The van der Waals surface area contributed by atoms with Crippen molar-refractivity contribution in [2.75, 3.05) is 13.7 Å². The monoisotopic (exact) mass is 299 g/mol. The molecule has 0 radical (unpaired) electrons. The minimum Gasteiger partial charge on any atom is -0.496 e. The van der Waals surface area contributed by atoms with E-state index in [1.54, 1.807) is 7.11 Å². The molecule has 0 saturated heterocycles. The average molecular weight is 300 g/mol. The van der Waals surface area contributed by atoms with Crippen molar-refractivity contribution in [3.63, 3.8) is 0 Å². The summed E-state index contributed by atoms with van der Waals surface area (Å²) in [6, 6.07) is 3.74. The van der Waals surface area contributed by atoms with Gasteiger partial charge in [0.1, 0.15) is 5.75 Å². The lowest BCUT2D eigenvalue weighted by atomic mass is 9.98. The van der Waals surface area contributed by atoms with Gasteiger partial charge in [-0.1, -0.05) is 29.8 Å². The van der Waals surface area contributed by atoms with Crippen molar-refractivity contribution in [2.45, 2.75) is 26.2 Å². The Labute approximate surface area is 110 Å². The number of methoxy groups -OCH3 is 1. The highest BCUT2D eigenvalue weighted by atomic mass is 79.9. The van der Waals surface area contributed by atoms with Gasteiger partial charge in [0, 0.05) is 10.9 Å². The molecule has 0 atom stereocenters. The maximum absolute atomic E-state index is 11.9. The standard InChI is InChI=1S/C13H18BrNO2/c1-8(2)9-7-13(17-3)10(6-11(9)14)12(16)4-5-15/h6-8H,4-5,15H2,1-3H3. The summed E-state index contributed by atoms with van der Waals surface area (Å²) in [7, 11) is 1.58. The van der Waals surface area contributed by atoms with Gasteiger partial charge in [-0.2, -0.15) is 0 Å². The summed E-state index contributed by atoms with van der Waals surface area (Å²) < 4.78 is 6.21. The third-order valence-corrected chi connectivity index (χ3v) is 3.30. The molecule has 0 unspecified atom stereocenters. The van der Waals surface area contributed by atoms with Gasteiger partial charge in [0.2, 0.25) is 0 Å². The van der Waals surface area contributed by atoms with Gasteiger partial charge in [0.05, 0.1) is 12.7 Å². The van der Waals surface area contributed by atoms with Crippen LogP contribution in [0, 0.1) is 0 Å². The summed E-state index contributed by atoms with van der Waals surface area (Å²) >= 11 is 3.49. The first kappa shape index (κ1) is 14.2. The first-order chi connectivity index (χ1) is 8.01. The second-order valence-electron chi connectivity index (χ2n) is 4.19. The summed E-state index contributed by atoms with van der Waals surface area (Å²) in [6.07, 6.45) is 0.337. The molecule has 94 valence electrons. The summed E-state index contributed by atoms with van der Waals surface area (Å²) in [5.74, 6) is 1.01. The van der Waals surface area contributed by atoms with Crippen molar-refractivity contribution in [2.24, 2.45) is 5.73 Å². The van der Waals surface area contributed by atoms with Crippen LogP contribution in [0.4, 0.5) is 0 Å². The van der Waals surface area contributed by atoms with E-state index in [2.05, 4.69) is 29.8 Å². The van der Waals surface area contributed by atoms with E-state index in [1.807, 2.05) is 12.1 Å². The van der Waals surface area contributed by atoms with Crippen molar-refractivity contribution in [3.8, 4) is 5.75 Å². The number of ketones is 1. The highest BCUT2D eigenvalue weighted by Crippen LogP contribution is 2.32. The van der Waals surface area contributed by atoms with Gasteiger partial charge in [-0.3, -0.25) is 4.79 Å². The number of nitrogens with two attached hydrogens (primary N) is 1. The fourth-order valence-corrected chi connectivity index (χ4v) is 2.47. The molecule has 0 aliphatic heterocycles. The average Bonchev–Trinajstić information content (AvgIpc) is 2.28. The van der Waals surface area contributed by atoms with Crippen LogP contribution in [0.25, 0.3) is 0 Å². The molecule has 4 heteroatoms. The topological polar surface area (TPSA) is 52.3 Å². The van der Waals surface area contributed by atoms with Gasteiger partial charge in [0.25, 0.3) is 0 Å². The van der Waals surface area contributed by atoms with Crippen LogP contribution >= 0.6 is 15.9 Å². The van der Waals surface area contributed by atoms with Crippen LogP contribution in [-0.2, 0) is 0 Å². The summed E-state index contributed by atoms with van der Waals surface area (Å²) in [5.41, 5.74) is 7.12. The number of Topliss-reactive ketones (excluding diaryl/α,β-unsaturated/α-hetero) is 1. The van der Waals surface area contributed by atoms with Crippen LogP contribution in [0.1, 0.15) is 42.1 Å². The maximum atomic E-state index is 11.9. The zero-order valence-electron chi connectivity index (χ0n) is 10.4. The van der Waals surface area contributed by atoms with E-state index in [1.165, 1.54) is 0 Å². The number of rotatable bonds is 5. The van der Waals surface area contributed by atoms with Gasteiger partial charge < -0.3 is 10.5 Å². The van der Waals surface area contributed by atoms with Crippen molar-refractivity contribution in [1.29, 1.82) is 0 Å². The summed E-state index contributed by atoms with van der Waals surface area (Å²) in [5, 5.41) is 0. The molecule has 1 aromatic rings. The molecule has 1 rings (SSSR count). The van der Waals surface area contributed by atoms with Crippen molar-refractivity contribution < 1.29 is 9.53 Å². The van der Waals surface area contributed by atoms with E-state index in [0.717, 1.165) is 10.0 Å². The Morgan fingerprint density at radius 3 is 2.59 bits per heavy atom. The number of carbonyl (C=O) groups excluding carboxylic acids is 1. The predicted octanol–water partition coefficient (Wildman–Crippen LogP) is 3.11. The molecule has 1 aromatic carbocycles. The lowest BCUT2D eigenvalue weighted by Crippen LogP contribution is -2.10. The molecule has 2 N–H and O–H groups in total. The van der Waals surface area contributed by atoms with Crippen molar-refractivity contribution in [1.82, 2.24) is 0 Å². The zero-order valence-corrected chi connectivity index (χ0v) is 12.0. The number of halogens is 1. The van der Waals surface area contributed by atoms with Crippen LogP contribution < -0.4 is 10.5 Å². The molecular weight excluding hydrogens is 282 g/mol. The Bertz CT molecular complexity index is 416. The normalized spacial score (nSPS) is 10.7. The first-order valence-corrected chi connectivity index (χ1v) is 6.41. The van der Waals surface area contributed by atoms with E-state index < -0.39 is 0 Å². The minimum atomic E-state index is 0.0142. The number of ether oxygens (including phenoxy) is 1. The molecule has 0 amide bonds. The van der Waals surface area contributed by atoms with Crippen LogP contribution in [0.5, 0.6) is 5.75 Å². The molecule has 0 saturated carbocycles. The molecule has 0 spiro atoms. The molecule has 0 aliphatic carbocycles. The molecule has 0 aromatic heterocycles. The van der Waals surface area contributed by atoms with Gasteiger partial charge >= 0.3 is 0 Å². The minimum absolute atomic E-state index is 0.0142. The van der Waals surface area contributed by atoms with Crippen molar-refractivity contribution in [3.05, 3.63) is 27.7 Å². The summed E-state index contributed by atoms with van der Waals surface area (Å²) in [6.45, 7) is 4.55. The van der Waals surface area contributed by atoms with Gasteiger partial charge in [0.15, 0.2) is 5.78 Å². The van der Waals surface area contributed by atoms with Crippen LogP contribution in [0.2, 0.25) is 0 Å². The fraction of sp³-hybridized carbons (Fsp3) is 0.462. The number of hydrogen-bond acceptors (Lipinski definition) is 3. The molecule has 0 heterocycles. The second kappa shape index (κ2) is 6.17. The van der Waals surface area contributed by atoms with E-state index in [9.17, 15) is 4.79 Å². The van der Waals surface area contributed by atoms with E-state index >= 15 is 0 Å². The van der Waals surface area contributed by atoms with Crippen molar-refractivity contribution >= 4 is 21.7 Å². The Balaban J connectivity index is 3.23. The SMILES string of the molecule is COc1cc(C(C)C)c(Br)cc1C(=O)CCN. The largest absolute Gasteiger partial charge is 0.496 e. The highest BCUT2D eigenvalue weighted by molar-refractivity contribution is 9.10. The Morgan fingerprint density at radius 1 is 1.47 bits per heavy atom. The third-order valence-electron chi connectivity index (χ3n) is 2.61. The van der Waals surface area contributed by atoms with E-state index in [-0.39, 0.29) is 5.78 Å². The molecular formula is C13H18BrNO2. The molecule has 0 fully saturated rings. The number of benzene rings is 1. The van der Waals surface area contributed by atoms with E-state index in [4.69, 9.17) is 10.5 Å². The second-order valence-corrected chi connectivity index (χ2v) is 5.04. The van der Waals surface area contributed by atoms with Crippen LogP contribution in [0.15, 0.2) is 16.6 Å². The van der Waals surface area contributed by atoms with Gasteiger partial charge in [-0.05, 0) is 30.2 Å². The molecule has 0 bridgehead atoms. The lowest BCUT2D eigenvalue weighted by molar-refractivity contribution is 0.0982. The quantitative estimate of drug-likeness (QED) is 0.850. The lowest BCUT2D eigenvalue weighted by Gasteiger charge is -2.14. The Morgan fingerprint density at radius 2 is 2.12 bits per heavy atom. The Hall–Kier alpha value is -0.870. The fourth-order valence-electron chi connectivity index (χ4n) is 1.66. The number of hydrogen-bond donors (Lipinski definition) is 1. The molecule has 3 nitrogen and oxygen atoms in total. The Kier molecular flexibility index (Phi) is 5.15. The summed E-state index contributed by atoms with van der Waals surface area (Å²) in [4.78, 5) is 11.9. The van der Waals surface area contributed by atoms with Gasteiger partial charge in [-0.15, -0.1) is 0 Å². The highest BCUT2D eigenvalue weighted by Gasteiger charge is 2.16. The molecule has 17 heavy (non-hydrogen) atoms. The van der Waals surface area contributed by atoms with Gasteiger partial charge in [-0.25, -0.2) is 0 Å². The zero-order chi connectivity index (χ0) is 13.0. The smallest absolute Gasteiger partial charge is 0.167 e. The first-order valence-electron chi connectivity index (χ1n) is 5.62. The molecule has 0 aliphatic rings. The maximum Gasteiger partial charge on any atom is 0.167 e. The predicted molar refractivity (Wildman–Crippen MR) is 72.8 cm³/mol. The number of carbonyl (C=O) groups is 1. The third kappa shape index (κ3) is 3.30. The van der Waals surface area contributed by atoms with Crippen LogP contribution in [0.3, 0.4) is 0 Å². The van der Waals surface area contributed by atoms with Crippen LogP contribution in [-0.4, -0.2) is 19.4 Å².